The van der Waals surface area contributed by atoms with Gasteiger partial charge in [0.25, 0.3) is 5.91 Å². The predicted molar refractivity (Wildman–Crippen MR) is 101 cm³/mol. The van der Waals surface area contributed by atoms with E-state index in [1.54, 1.807) is 18.2 Å². The van der Waals surface area contributed by atoms with E-state index in [-0.39, 0.29) is 11.5 Å². The summed E-state index contributed by atoms with van der Waals surface area (Å²) in [6.07, 6.45) is 0. The largest absolute Gasteiger partial charge is 0.322 e. The second-order valence-corrected chi connectivity index (χ2v) is 6.26. The molecule has 0 aliphatic rings. The van der Waals surface area contributed by atoms with E-state index in [1.165, 1.54) is 0 Å². The topological polar surface area (TPSA) is 29.1 Å². The average Bonchev–Trinajstić information content (AvgIpc) is 2.57. The second-order valence-electron chi connectivity index (χ2n) is 5.45. The summed E-state index contributed by atoms with van der Waals surface area (Å²) in [6, 6.07) is 21.0. The van der Waals surface area contributed by atoms with E-state index in [9.17, 15) is 4.79 Å². The monoisotopic (exact) mass is 355 g/mol. The number of hydrogen-bond acceptors (Lipinski definition) is 1. The van der Waals surface area contributed by atoms with Gasteiger partial charge in [-0.2, -0.15) is 0 Å². The molecule has 0 heterocycles. The third-order valence-corrected chi connectivity index (χ3v) is 4.41. The highest BCUT2D eigenvalue weighted by Gasteiger charge is 2.15. The highest BCUT2D eigenvalue weighted by Crippen LogP contribution is 2.28. The van der Waals surface area contributed by atoms with Gasteiger partial charge >= 0.3 is 0 Å². The summed E-state index contributed by atoms with van der Waals surface area (Å²) in [5.41, 5.74) is 4.10. The van der Waals surface area contributed by atoms with Gasteiger partial charge in [-0.15, -0.1) is 0 Å². The van der Waals surface area contributed by atoms with Crippen LogP contribution in [0, 0.1) is 6.92 Å². The number of benzene rings is 3. The molecule has 0 aliphatic heterocycles. The highest BCUT2D eigenvalue weighted by molar-refractivity contribution is 6.40. The first-order valence-corrected chi connectivity index (χ1v) is 8.23. The van der Waals surface area contributed by atoms with Crippen molar-refractivity contribution in [3.05, 3.63) is 87.9 Å². The number of aryl methyl sites for hydroxylation is 1. The first kappa shape index (κ1) is 16.6. The molecule has 0 atom stereocenters. The maximum atomic E-state index is 12.6. The normalized spacial score (nSPS) is 10.5. The Labute approximate surface area is 151 Å². The Bertz CT molecular complexity index is 871. The zero-order valence-corrected chi connectivity index (χ0v) is 14.5. The minimum absolute atomic E-state index is 0.283. The molecule has 0 bridgehead atoms. The second kappa shape index (κ2) is 7.08. The van der Waals surface area contributed by atoms with Gasteiger partial charge in [0.1, 0.15) is 0 Å². The summed E-state index contributed by atoms with van der Waals surface area (Å²) in [5.74, 6) is -0.320. The zero-order chi connectivity index (χ0) is 17.1. The van der Waals surface area contributed by atoms with Crippen LogP contribution in [0.3, 0.4) is 0 Å². The number of carbonyl (C=O) groups is 1. The highest BCUT2D eigenvalue weighted by atomic mass is 35.5. The van der Waals surface area contributed by atoms with E-state index in [0.29, 0.717) is 10.0 Å². The van der Waals surface area contributed by atoms with Crippen LogP contribution in [0.15, 0.2) is 66.7 Å². The van der Waals surface area contributed by atoms with Crippen LogP contribution in [0.1, 0.15) is 15.9 Å². The third kappa shape index (κ3) is 3.45. The molecule has 120 valence electrons. The Morgan fingerprint density at radius 1 is 0.833 bits per heavy atom. The van der Waals surface area contributed by atoms with Gasteiger partial charge in [-0.05, 0) is 41.8 Å². The lowest BCUT2D eigenvalue weighted by molar-refractivity contribution is 0.102. The quantitative estimate of drug-likeness (QED) is 0.593. The molecule has 0 spiro atoms. The summed E-state index contributed by atoms with van der Waals surface area (Å²) in [5, 5.41) is 3.57. The molecule has 1 amide bonds. The first-order valence-electron chi connectivity index (χ1n) is 7.47. The van der Waals surface area contributed by atoms with Crippen LogP contribution in [-0.4, -0.2) is 5.91 Å². The minimum Gasteiger partial charge on any atom is -0.322 e. The molecule has 24 heavy (non-hydrogen) atoms. The number of amides is 1. The number of hydrogen-bond donors (Lipinski definition) is 1. The van der Waals surface area contributed by atoms with E-state index < -0.39 is 0 Å². The molecule has 0 fully saturated rings. The summed E-state index contributed by atoms with van der Waals surface area (Å²) >= 11 is 12.2. The molecule has 0 radical (unpaired) electrons. The van der Waals surface area contributed by atoms with Crippen molar-refractivity contribution >= 4 is 34.8 Å². The summed E-state index contributed by atoms with van der Waals surface area (Å²) in [6.45, 7) is 1.94. The molecular formula is C20H15Cl2NO. The molecule has 0 aliphatic carbocycles. The Morgan fingerprint density at radius 2 is 1.50 bits per heavy atom. The molecule has 4 heteroatoms. The number of anilines is 1. The van der Waals surface area contributed by atoms with Gasteiger partial charge < -0.3 is 5.32 Å². The van der Waals surface area contributed by atoms with Crippen LogP contribution in [-0.2, 0) is 0 Å². The molecule has 0 saturated carbocycles. The van der Waals surface area contributed by atoms with Crippen molar-refractivity contribution in [1.29, 1.82) is 0 Å². The SMILES string of the molecule is Cc1ccc(-c2ccccc2)cc1NC(=O)c1c(Cl)cccc1Cl. The van der Waals surface area contributed by atoms with Gasteiger partial charge in [-0.25, -0.2) is 0 Å². The van der Waals surface area contributed by atoms with Crippen LogP contribution in [0.4, 0.5) is 5.69 Å². The molecule has 0 unspecified atom stereocenters. The van der Waals surface area contributed by atoms with Crippen LogP contribution in [0.25, 0.3) is 11.1 Å². The van der Waals surface area contributed by atoms with Gasteiger partial charge in [0, 0.05) is 5.69 Å². The zero-order valence-electron chi connectivity index (χ0n) is 13.0. The number of nitrogens with one attached hydrogen (secondary N) is 1. The Balaban J connectivity index is 1.94. The van der Waals surface area contributed by atoms with Crippen LogP contribution < -0.4 is 5.32 Å². The van der Waals surface area contributed by atoms with E-state index in [4.69, 9.17) is 23.2 Å². The third-order valence-electron chi connectivity index (χ3n) is 3.78. The van der Waals surface area contributed by atoms with Crippen LogP contribution >= 0.6 is 23.2 Å². The molecule has 3 aromatic rings. The minimum atomic E-state index is -0.320. The van der Waals surface area contributed by atoms with Crippen molar-refractivity contribution in [2.24, 2.45) is 0 Å². The first-order chi connectivity index (χ1) is 11.6. The summed E-state index contributed by atoms with van der Waals surface area (Å²) in [7, 11) is 0. The smallest absolute Gasteiger partial charge is 0.258 e. The molecule has 3 rings (SSSR count). The van der Waals surface area contributed by atoms with Crippen molar-refractivity contribution in [2.45, 2.75) is 6.92 Å². The van der Waals surface area contributed by atoms with Gasteiger partial charge in [0.2, 0.25) is 0 Å². The fraction of sp³-hybridized carbons (Fsp3) is 0.0500. The molecule has 3 aromatic carbocycles. The van der Waals surface area contributed by atoms with Crippen LogP contribution in [0.5, 0.6) is 0 Å². The molecular weight excluding hydrogens is 341 g/mol. The van der Waals surface area contributed by atoms with E-state index in [0.717, 1.165) is 22.4 Å². The summed E-state index contributed by atoms with van der Waals surface area (Å²) in [4.78, 5) is 12.6. The maximum absolute atomic E-state index is 12.6. The number of carbonyl (C=O) groups excluding carboxylic acids is 1. The van der Waals surface area contributed by atoms with E-state index in [1.807, 2.05) is 55.5 Å². The van der Waals surface area contributed by atoms with Crippen molar-refractivity contribution in [3.63, 3.8) is 0 Å². The average molecular weight is 356 g/mol. The predicted octanol–water partition coefficient (Wildman–Crippen LogP) is 6.22. The molecule has 1 N–H and O–H groups in total. The van der Waals surface area contributed by atoms with Crippen molar-refractivity contribution in [1.82, 2.24) is 0 Å². The maximum Gasteiger partial charge on any atom is 0.258 e. The standard InChI is InChI=1S/C20H15Cl2NO/c1-13-10-11-15(14-6-3-2-4-7-14)12-18(13)23-20(24)19-16(21)8-5-9-17(19)22/h2-12H,1H3,(H,23,24). The van der Waals surface area contributed by atoms with E-state index >= 15 is 0 Å². The van der Waals surface area contributed by atoms with Gasteiger partial charge in [0.15, 0.2) is 0 Å². The van der Waals surface area contributed by atoms with Crippen molar-refractivity contribution in [3.8, 4) is 11.1 Å². The Hall–Kier alpha value is -2.29. The van der Waals surface area contributed by atoms with Gasteiger partial charge in [-0.1, -0.05) is 71.7 Å². The van der Waals surface area contributed by atoms with Crippen LogP contribution in [0.2, 0.25) is 10.0 Å². The Morgan fingerprint density at radius 3 is 2.17 bits per heavy atom. The van der Waals surface area contributed by atoms with Gasteiger partial charge in [0.05, 0.1) is 15.6 Å². The van der Waals surface area contributed by atoms with E-state index in [2.05, 4.69) is 5.32 Å². The fourth-order valence-electron chi connectivity index (χ4n) is 2.47. The Kier molecular flexibility index (Phi) is 4.89. The van der Waals surface area contributed by atoms with Crippen molar-refractivity contribution < 1.29 is 4.79 Å². The molecule has 0 saturated heterocycles. The molecule has 0 aromatic heterocycles. The van der Waals surface area contributed by atoms with Gasteiger partial charge in [-0.3, -0.25) is 4.79 Å². The molecule has 2 nitrogen and oxygen atoms in total. The summed E-state index contributed by atoms with van der Waals surface area (Å²) < 4.78 is 0. The number of halogens is 2. The lowest BCUT2D eigenvalue weighted by atomic mass is 10.0. The fourth-order valence-corrected chi connectivity index (χ4v) is 3.04. The lowest BCUT2D eigenvalue weighted by Crippen LogP contribution is -2.14. The lowest BCUT2D eigenvalue weighted by Gasteiger charge is -2.12. The number of rotatable bonds is 3. The van der Waals surface area contributed by atoms with Crippen molar-refractivity contribution in [2.75, 3.05) is 5.32 Å².